The van der Waals surface area contributed by atoms with E-state index in [1.54, 1.807) is 46.3 Å². The molecule has 14 heteroatoms. The normalized spacial score (nSPS) is 36.7. The van der Waals surface area contributed by atoms with E-state index in [4.69, 9.17) is 23.4 Å². The zero-order chi connectivity index (χ0) is 49.9. The SMILES string of the molecule is CO[C@@H]1C[C@H](C[C@@H](C)[C@@H]2CC(=O)C(C)=CC(C)[C@@H](O)[C@@H](OC)C(=O)[C@H](C)C[C@H](C)C=CC=CC=C(C)[C@H](c3ccco3)CC3CC[C@@H](C)[C@@](O)(O3)C(=O)C(=O)N3CCCCC3C(=O)O2)CC[C@H]1O. The lowest BCUT2D eigenvalue weighted by Crippen LogP contribution is -2.60. The number of carbonyl (C=O) groups is 5. The summed E-state index contributed by atoms with van der Waals surface area (Å²) in [6.07, 6.45) is 13.3. The molecular formula is C54H79NO13. The fourth-order valence-corrected chi connectivity index (χ4v) is 10.7. The number of hydrogen-bond donors (Lipinski definition) is 3. The molecule has 2 saturated heterocycles. The molecule has 68 heavy (non-hydrogen) atoms. The second-order valence-electron chi connectivity index (χ2n) is 20.4. The molecule has 1 aliphatic carbocycles. The molecule has 3 N–H and O–H groups in total. The summed E-state index contributed by atoms with van der Waals surface area (Å²) < 4.78 is 29.6. The number of methoxy groups -OCH3 is 2. The van der Waals surface area contributed by atoms with Gasteiger partial charge in [0, 0.05) is 50.9 Å². The predicted octanol–water partition coefficient (Wildman–Crippen LogP) is 7.54. The minimum Gasteiger partial charge on any atom is -0.469 e. The molecule has 3 unspecified atom stereocenters. The summed E-state index contributed by atoms with van der Waals surface area (Å²) in [5.41, 5.74) is 1.25. The number of aliphatic hydroxyl groups excluding tert-OH is 2. The molecular weight excluding hydrogens is 871 g/mol. The van der Waals surface area contributed by atoms with Crippen LogP contribution in [0.15, 0.2) is 70.4 Å². The topological polar surface area (TPSA) is 199 Å². The van der Waals surface area contributed by atoms with Gasteiger partial charge in [0.15, 0.2) is 11.6 Å². The number of hydrogen-bond acceptors (Lipinski definition) is 13. The fourth-order valence-electron chi connectivity index (χ4n) is 10.7. The number of furan rings is 1. The van der Waals surface area contributed by atoms with E-state index < -0.39 is 77.8 Å². The van der Waals surface area contributed by atoms with Crippen molar-refractivity contribution in [2.24, 2.45) is 35.5 Å². The molecule has 0 spiro atoms. The van der Waals surface area contributed by atoms with Crippen molar-refractivity contribution in [3.8, 4) is 0 Å². The highest BCUT2D eigenvalue weighted by Gasteiger charge is 2.53. The first kappa shape index (κ1) is 54.9. The quantitative estimate of drug-likeness (QED) is 0.187. The van der Waals surface area contributed by atoms with Crippen molar-refractivity contribution in [1.82, 2.24) is 4.90 Å². The maximum Gasteiger partial charge on any atom is 0.329 e. The number of ketones is 3. The zero-order valence-corrected chi connectivity index (χ0v) is 41.8. The number of esters is 1. The standard InChI is InChI=1S/C54H79NO13/c1-32-16-11-10-12-17-33(2)41(45-19-15-25-66-45)30-40-22-20-38(7)54(63,68-40)51(60)52(61)55-24-14-13-18-42(55)53(62)67-46(35(4)28-39-21-23-43(56)47(29-39)64-8)31-44(57)34(3)27-37(6)49(59)50(65-9)48(58)36(5)26-32/h10-12,15-17,19,25,27,32,35-43,46-47,49-50,56,59,63H,13-14,18,20-24,26,28-31H2,1-9H3/t32-,35-,36-,37?,38-,39+,40?,41-,42?,43-,46+,47-,49-,50+,54-/m1/s1. The van der Waals surface area contributed by atoms with Crippen LogP contribution in [0.25, 0.3) is 0 Å². The van der Waals surface area contributed by atoms with E-state index in [1.165, 1.54) is 12.0 Å². The summed E-state index contributed by atoms with van der Waals surface area (Å²) in [4.78, 5) is 72.3. The first-order valence-corrected chi connectivity index (χ1v) is 25.0. The van der Waals surface area contributed by atoms with Crippen molar-refractivity contribution in [3.63, 3.8) is 0 Å². The molecule has 3 aliphatic heterocycles. The molecule has 4 heterocycles. The van der Waals surface area contributed by atoms with E-state index >= 15 is 0 Å². The Morgan fingerprint density at radius 3 is 2.34 bits per heavy atom. The number of ether oxygens (including phenoxy) is 4. The highest BCUT2D eigenvalue weighted by Crippen LogP contribution is 2.40. The van der Waals surface area contributed by atoms with Crippen molar-refractivity contribution >= 4 is 29.2 Å². The van der Waals surface area contributed by atoms with Gasteiger partial charge in [-0.2, -0.15) is 0 Å². The minimum absolute atomic E-state index is 0.0119. The van der Waals surface area contributed by atoms with E-state index in [0.29, 0.717) is 69.1 Å². The van der Waals surface area contributed by atoms with Crippen LogP contribution in [0.3, 0.4) is 0 Å². The van der Waals surface area contributed by atoms with Crippen LogP contribution in [-0.2, 0) is 42.9 Å². The number of nitrogens with zero attached hydrogens (tertiary/aromatic N) is 1. The van der Waals surface area contributed by atoms with Crippen LogP contribution in [0.5, 0.6) is 0 Å². The van der Waals surface area contributed by atoms with E-state index in [0.717, 1.165) is 12.0 Å². The van der Waals surface area contributed by atoms with Crippen LogP contribution in [0.2, 0.25) is 0 Å². The first-order valence-electron chi connectivity index (χ1n) is 25.0. The highest BCUT2D eigenvalue weighted by atomic mass is 16.6. The highest BCUT2D eigenvalue weighted by molar-refractivity contribution is 6.39. The van der Waals surface area contributed by atoms with Crippen molar-refractivity contribution in [2.75, 3.05) is 20.8 Å². The third-order valence-electron chi connectivity index (χ3n) is 15.2. The molecule has 1 aromatic heterocycles. The van der Waals surface area contributed by atoms with E-state index in [2.05, 4.69) is 0 Å². The average molecular weight is 950 g/mol. The van der Waals surface area contributed by atoms with Gasteiger partial charge in [-0.25, -0.2) is 4.79 Å². The molecule has 0 aromatic carbocycles. The van der Waals surface area contributed by atoms with Crippen molar-refractivity contribution < 1.29 is 62.7 Å². The number of rotatable bonds is 6. The van der Waals surface area contributed by atoms with Gasteiger partial charge < -0.3 is 43.6 Å². The summed E-state index contributed by atoms with van der Waals surface area (Å²) >= 11 is 0. The second kappa shape index (κ2) is 25.2. The second-order valence-corrected chi connectivity index (χ2v) is 20.4. The molecule has 378 valence electrons. The summed E-state index contributed by atoms with van der Waals surface area (Å²) in [5, 5.41) is 34.1. The Labute approximate surface area is 403 Å². The summed E-state index contributed by atoms with van der Waals surface area (Å²) in [7, 11) is 2.95. The number of aliphatic hydroxyl groups is 3. The fraction of sp³-hybridized carbons (Fsp3) is 0.685. The van der Waals surface area contributed by atoms with Gasteiger partial charge in [-0.3, -0.25) is 19.2 Å². The van der Waals surface area contributed by atoms with Gasteiger partial charge in [-0.1, -0.05) is 76.6 Å². The van der Waals surface area contributed by atoms with E-state index in [-0.39, 0.29) is 60.7 Å². The third kappa shape index (κ3) is 13.8. The number of fused-ring (bicyclic) bond motifs is 3. The van der Waals surface area contributed by atoms with E-state index in [9.17, 15) is 39.3 Å². The van der Waals surface area contributed by atoms with Crippen molar-refractivity contribution in [2.45, 2.75) is 180 Å². The van der Waals surface area contributed by atoms with E-state index in [1.807, 2.05) is 64.1 Å². The molecule has 15 atom stereocenters. The van der Waals surface area contributed by atoms with Gasteiger partial charge in [0.05, 0.1) is 30.7 Å². The van der Waals surface area contributed by atoms with Crippen LogP contribution in [0.1, 0.15) is 137 Å². The monoisotopic (exact) mass is 950 g/mol. The van der Waals surface area contributed by atoms with Gasteiger partial charge in [-0.05, 0) is 120 Å². The van der Waals surface area contributed by atoms with Crippen LogP contribution in [0.4, 0.5) is 0 Å². The smallest absolute Gasteiger partial charge is 0.329 e. The van der Waals surface area contributed by atoms with Crippen LogP contribution >= 0.6 is 0 Å². The van der Waals surface area contributed by atoms with Gasteiger partial charge in [-0.15, -0.1) is 0 Å². The third-order valence-corrected chi connectivity index (χ3v) is 15.2. The number of allylic oxidation sites excluding steroid dienone is 7. The molecule has 14 nitrogen and oxygen atoms in total. The number of Topliss-reactive ketones (excluding diaryl/α,β-unsaturated/α-hetero) is 3. The molecule has 1 aromatic rings. The van der Waals surface area contributed by atoms with Gasteiger partial charge in [0.25, 0.3) is 11.7 Å². The van der Waals surface area contributed by atoms with Crippen LogP contribution in [-0.4, -0.2) is 119 Å². The minimum atomic E-state index is -2.45. The lowest BCUT2D eigenvalue weighted by molar-refractivity contribution is -0.264. The average Bonchev–Trinajstić information content (AvgIpc) is 3.86. The summed E-state index contributed by atoms with van der Waals surface area (Å²) in [6, 6.07) is 2.51. The number of cyclic esters (lactones) is 1. The Bertz CT molecular complexity index is 1990. The largest absolute Gasteiger partial charge is 0.469 e. The maximum absolute atomic E-state index is 14.4. The van der Waals surface area contributed by atoms with Gasteiger partial charge in [0.1, 0.15) is 24.0 Å². The van der Waals surface area contributed by atoms with Crippen LogP contribution in [0, 0.1) is 35.5 Å². The maximum atomic E-state index is 14.4. The Morgan fingerprint density at radius 1 is 0.897 bits per heavy atom. The number of carbonyl (C=O) groups excluding carboxylic acids is 5. The van der Waals surface area contributed by atoms with Crippen molar-refractivity contribution in [1.29, 1.82) is 0 Å². The Morgan fingerprint density at radius 2 is 1.65 bits per heavy atom. The number of amides is 1. The summed E-state index contributed by atoms with van der Waals surface area (Å²) in [6.45, 7) is 12.8. The first-order chi connectivity index (χ1) is 32.3. The van der Waals surface area contributed by atoms with Gasteiger partial charge >= 0.3 is 5.97 Å². The Balaban J connectivity index is 1.49. The lowest BCUT2D eigenvalue weighted by Gasteiger charge is -2.42. The molecule has 4 aliphatic rings. The van der Waals surface area contributed by atoms with Crippen LogP contribution < -0.4 is 0 Å². The number of piperidine rings is 1. The molecule has 0 radical (unpaired) electrons. The van der Waals surface area contributed by atoms with Crippen molar-refractivity contribution in [3.05, 3.63) is 71.8 Å². The summed E-state index contributed by atoms with van der Waals surface area (Å²) in [5.74, 6) is -7.61. The predicted molar refractivity (Wildman–Crippen MR) is 256 cm³/mol. The lowest BCUT2D eigenvalue weighted by atomic mass is 9.78. The molecule has 1 saturated carbocycles. The Hall–Kier alpha value is -4.05. The molecule has 3 fully saturated rings. The molecule has 5 rings (SSSR count). The van der Waals surface area contributed by atoms with Gasteiger partial charge in [0.2, 0.25) is 5.79 Å². The zero-order valence-electron chi connectivity index (χ0n) is 41.8. The molecule has 2 bridgehead atoms. The molecule has 1 amide bonds. The Kier molecular flexibility index (Phi) is 20.3.